The van der Waals surface area contributed by atoms with Crippen LogP contribution >= 0.6 is 23.2 Å². The van der Waals surface area contributed by atoms with E-state index in [1.165, 1.54) is 12.1 Å². The second-order valence-electron chi connectivity index (χ2n) is 3.53. The van der Waals surface area contributed by atoms with E-state index in [4.69, 9.17) is 27.9 Å². The summed E-state index contributed by atoms with van der Waals surface area (Å²) in [6.45, 7) is 1.87. The monoisotopic (exact) mass is 301 g/mol. The Balaban J connectivity index is 2.54. The SMILES string of the molecule is CCOC(=O)c1n[nH]nc1-c1cc(Cl)cc(Cl)c1O. The lowest BCUT2D eigenvalue weighted by molar-refractivity contribution is 0.0520. The number of nitrogens with one attached hydrogen (secondary N) is 1. The minimum atomic E-state index is -0.651. The number of aromatic amines is 1. The van der Waals surface area contributed by atoms with Gasteiger partial charge in [0.1, 0.15) is 11.4 Å². The number of rotatable bonds is 3. The summed E-state index contributed by atoms with van der Waals surface area (Å²) in [5.74, 6) is -0.882. The highest BCUT2D eigenvalue weighted by Crippen LogP contribution is 2.37. The zero-order valence-corrected chi connectivity index (χ0v) is 11.3. The van der Waals surface area contributed by atoms with E-state index >= 15 is 0 Å². The number of carbonyl (C=O) groups excluding carboxylic acids is 1. The molecule has 100 valence electrons. The van der Waals surface area contributed by atoms with E-state index in [0.29, 0.717) is 5.02 Å². The van der Waals surface area contributed by atoms with Gasteiger partial charge in [-0.2, -0.15) is 10.3 Å². The lowest BCUT2D eigenvalue weighted by Gasteiger charge is -2.06. The summed E-state index contributed by atoms with van der Waals surface area (Å²) in [6.07, 6.45) is 0. The van der Waals surface area contributed by atoms with Gasteiger partial charge in [0.15, 0.2) is 5.69 Å². The van der Waals surface area contributed by atoms with Crippen molar-refractivity contribution in [1.29, 1.82) is 0 Å². The molecule has 1 aromatic heterocycles. The fraction of sp³-hybridized carbons (Fsp3) is 0.182. The first-order chi connectivity index (χ1) is 9.04. The van der Waals surface area contributed by atoms with Crippen molar-refractivity contribution in [2.45, 2.75) is 6.92 Å². The Labute approximate surface area is 118 Å². The molecule has 0 unspecified atom stereocenters. The Morgan fingerprint density at radius 1 is 1.42 bits per heavy atom. The highest BCUT2D eigenvalue weighted by atomic mass is 35.5. The molecule has 19 heavy (non-hydrogen) atoms. The molecule has 0 fully saturated rings. The maximum absolute atomic E-state index is 11.7. The molecular weight excluding hydrogens is 293 g/mol. The first-order valence-corrected chi connectivity index (χ1v) is 6.06. The number of ether oxygens (including phenoxy) is 1. The van der Waals surface area contributed by atoms with Gasteiger partial charge in [-0.1, -0.05) is 23.2 Å². The largest absolute Gasteiger partial charge is 0.506 e. The van der Waals surface area contributed by atoms with Crippen LogP contribution < -0.4 is 0 Å². The molecule has 0 radical (unpaired) electrons. The van der Waals surface area contributed by atoms with Gasteiger partial charge in [0.2, 0.25) is 0 Å². The van der Waals surface area contributed by atoms with E-state index < -0.39 is 5.97 Å². The van der Waals surface area contributed by atoms with Crippen LogP contribution in [0, 0.1) is 0 Å². The number of H-pyrrole nitrogens is 1. The van der Waals surface area contributed by atoms with Crippen LogP contribution in [0.1, 0.15) is 17.4 Å². The Morgan fingerprint density at radius 2 is 2.16 bits per heavy atom. The van der Waals surface area contributed by atoms with Crippen LogP contribution in [0.25, 0.3) is 11.3 Å². The highest BCUT2D eigenvalue weighted by molar-refractivity contribution is 6.36. The zero-order valence-electron chi connectivity index (χ0n) is 9.78. The van der Waals surface area contributed by atoms with E-state index in [0.717, 1.165) is 0 Å². The summed E-state index contributed by atoms with van der Waals surface area (Å²) < 4.78 is 4.84. The molecule has 0 amide bonds. The average molecular weight is 302 g/mol. The topological polar surface area (TPSA) is 88.1 Å². The second-order valence-corrected chi connectivity index (χ2v) is 4.37. The third kappa shape index (κ3) is 2.64. The van der Waals surface area contributed by atoms with Crippen molar-refractivity contribution in [3.05, 3.63) is 27.9 Å². The Morgan fingerprint density at radius 3 is 2.84 bits per heavy atom. The Kier molecular flexibility index (Phi) is 3.92. The molecule has 0 saturated heterocycles. The van der Waals surface area contributed by atoms with E-state index in [9.17, 15) is 9.90 Å². The lowest BCUT2D eigenvalue weighted by atomic mass is 10.1. The number of phenols is 1. The number of aromatic hydroxyl groups is 1. The number of aromatic nitrogens is 3. The second kappa shape index (κ2) is 5.46. The van der Waals surface area contributed by atoms with E-state index in [-0.39, 0.29) is 34.3 Å². The number of phenolic OH excluding ortho intramolecular Hbond substituents is 1. The smallest absolute Gasteiger partial charge is 0.361 e. The molecule has 0 saturated carbocycles. The van der Waals surface area contributed by atoms with Gasteiger partial charge in [-0.15, -0.1) is 5.10 Å². The van der Waals surface area contributed by atoms with Crippen LogP contribution in [0.5, 0.6) is 5.75 Å². The van der Waals surface area contributed by atoms with Gasteiger partial charge < -0.3 is 9.84 Å². The first kappa shape index (κ1) is 13.6. The molecule has 2 N–H and O–H groups in total. The van der Waals surface area contributed by atoms with Crippen LogP contribution in [0.3, 0.4) is 0 Å². The number of benzene rings is 1. The summed E-state index contributed by atoms with van der Waals surface area (Å²) in [5.41, 5.74) is 0.283. The van der Waals surface area contributed by atoms with Gasteiger partial charge >= 0.3 is 5.97 Å². The fourth-order valence-corrected chi connectivity index (χ4v) is 2.00. The molecular formula is C11H9Cl2N3O3. The number of nitrogens with zero attached hydrogens (tertiary/aromatic N) is 2. The molecule has 2 aromatic rings. The van der Waals surface area contributed by atoms with Crippen molar-refractivity contribution >= 4 is 29.2 Å². The first-order valence-electron chi connectivity index (χ1n) is 5.30. The Hall–Kier alpha value is -1.79. The summed E-state index contributed by atoms with van der Waals surface area (Å²) >= 11 is 11.7. The van der Waals surface area contributed by atoms with Gasteiger partial charge in [0, 0.05) is 10.6 Å². The molecule has 0 aliphatic carbocycles. The molecule has 0 spiro atoms. The number of esters is 1. The fourth-order valence-electron chi connectivity index (χ4n) is 1.51. The van der Waals surface area contributed by atoms with Crippen LogP contribution in [0.15, 0.2) is 12.1 Å². The number of carbonyl (C=O) groups is 1. The molecule has 1 aromatic carbocycles. The van der Waals surface area contributed by atoms with Crippen molar-refractivity contribution < 1.29 is 14.6 Å². The average Bonchev–Trinajstić information content (AvgIpc) is 2.83. The van der Waals surface area contributed by atoms with Crippen molar-refractivity contribution in [3.63, 3.8) is 0 Å². The van der Waals surface area contributed by atoms with Gasteiger partial charge in [0.25, 0.3) is 0 Å². The van der Waals surface area contributed by atoms with Crippen LogP contribution in [0.2, 0.25) is 10.0 Å². The third-order valence-electron chi connectivity index (χ3n) is 2.30. The van der Waals surface area contributed by atoms with Crippen molar-refractivity contribution in [2.75, 3.05) is 6.61 Å². The normalized spacial score (nSPS) is 10.5. The van der Waals surface area contributed by atoms with Crippen LogP contribution in [-0.4, -0.2) is 33.1 Å². The summed E-state index contributed by atoms with van der Waals surface area (Å²) in [5, 5.41) is 20.1. The molecule has 0 bridgehead atoms. The molecule has 0 atom stereocenters. The predicted molar refractivity (Wildman–Crippen MR) is 69.5 cm³/mol. The van der Waals surface area contributed by atoms with E-state index in [2.05, 4.69) is 15.4 Å². The zero-order chi connectivity index (χ0) is 14.0. The van der Waals surface area contributed by atoms with Crippen molar-refractivity contribution in [2.24, 2.45) is 0 Å². The highest BCUT2D eigenvalue weighted by Gasteiger charge is 2.22. The van der Waals surface area contributed by atoms with Crippen LogP contribution in [0.4, 0.5) is 0 Å². The van der Waals surface area contributed by atoms with Gasteiger partial charge in [-0.3, -0.25) is 0 Å². The molecule has 2 rings (SSSR count). The van der Waals surface area contributed by atoms with Crippen molar-refractivity contribution in [1.82, 2.24) is 15.4 Å². The van der Waals surface area contributed by atoms with E-state index in [1.807, 2.05) is 0 Å². The maximum atomic E-state index is 11.7. The number of halogens is 2. The number of hydrogen-bond acceptors (Lipinski definition) is 5. The molecule has 0 aliphatic rings. The van der Waals surface area contributed by atoms with Crippen molar-refractivity contribution in [3.8, 4) is 17.0 Å². The van der Waals surface area contributed by atoms with Gasteiger partial charge in [-0.25, -0.2) is 4.79 Å². The molecule has 0 aliphatic heterocycles. The maximum Gasteiger partial charge on any atom is 0.361 e. The molecule has 1 heterocycles. The lowest BCUT2D eigenvalue weighted by Crippen LogP contribution is -2.06. The van der Waals surface area contributed by atoms with E-state index in [1.54, 1.807) is 6.92 Å². The minimum absolute atomic E-state index is 0.0458. The van der Waals surface area contributed by atoms with Gasteiger partial charge in [0.05, 0.1) is 11.6 Å². The third-order valence-corrected chi connectivity index (χ3v) is 2.81. The quantitative estimate of drug-likeness (QED) is 0.851. The summed E-state index contributed by atoms with van der Waals surface area (Å²) in [7, 11) is 0. The standard InChI is InChI=1S/C11H9Cl2N3O3/c1-2-19-11(18)9-8(14-16-15-9)6-3-5(12)4-7(13)10(6)17/h3-4,17H,2H2,1H3,(H,14,15,16). The van der Waals surface area contributed by atoms with Gasteiger partial charge in [-0.05, 0) is 19.1 Å². The van der Waals surface area contributed by atoms with Crippen LogP contribution in [-0.2, 0) is 4.74 Å². The summed E-state index contributed by atoms with van der Waals surface area (Å²) in [4.78, 5) is 11.7. The number of hydrogen-bond donors (Lipinski definition) is 2. The predicted octanol–water partition coefficient (Wildman–Crippen LogP) is 2.66. The Bertz CT molecular complexity index is 628. The molecule has 8 heteroatoms. The molecule has 6 nitrogen and oxygen atoms in total. The minimum Gasteiger partial charge on any atom is -0.506 e. The summed E-state index contributed by atoms with van der Waals surface area (Å²) in [6, 6.07) is 2.81.